The summed E-state index contributed by atoms with van der Waals surface area (Å²) in [5.74, 6) is 2.11. The number of hydrogen-bond donors (Lipinski definition) is 1. The number of hydrogen-bond acceptors (Lipinski definition) is 4. The number of nitrogens with one attached hydrogen (secondary N) is 1. The van der Waals surface area contributed by atoms with Crippen LogP contribution >= 0.6 is 11.6 Å². The Bertz CT molecular complexity index is 843. The third kappa shape index (κ3) is 6.64. The zero-order chi connectivity index (χ0) is 21.3. The van der Waals surface area contributed by atoms with Crippen molar-refractivity contribution in [2.24, 2.45) is 5.92 Å². The smallest absolute Gasteiger partial charge is 0.251 e. The Hall–Kier alpha value is -2.24. The molecule has 5 nitrogen and oxygen atoms in total. The van der Waals surface area contributed by atoms with Crippen LogP contribution in [0.2, 0.25) is 5.02 Å². The van der Waals surface area contributed by atoms with Gasteiger partial charge < -0.3 is 14.8 Å². The average molecular weight is 431 g/mol. The molecule has 0 saturated carbocycles. The van der Waals surface area contributed by atoms with Gasteiger partial charge >= 0.3 is 0 Å². The van der Waals surface area contributed by atoms with Crippen LogP contribution in [0.15, 0.2) is 42.5 Å². The summed E-state index contributed by atoms with van der Waals surface area (Å²) in [6, 6.07) is 13.1. The number of halogens is 1. The molecule has 1 fully saturated rings. The lowest BCUT2D eigenvalue weighted by atomic mass is 10.00. The fourth-order valence-electron chi connectivity index (χ4n) is 3.81. The number of likely N-dealkylation sites (tertiary alicyclic amines) is 1. The zero-order valence-corrected chi connectivity index (χ0v) is 18.6. The molecule has 1 saturated heterocycles. The third-order valence-corrected chi connectivity index (χ3v) is 5.56. The molecular weight excluding hydrogens is 400 g/mol. The van der Waals surface area contributed by atoms with Gasteiger partial charge in [0.15, 0.2) is 11.5 Å². The van der Waals surface area contributed by atoms with Gasteiger partial charge in [0, 0.05) is 30.2 Å². The van der Waals surface area contributed by atoms with Crippen LogP contribution in [0.4, 0.5) is 0 Å². The van der Waals surface area contributed by atoms with E-state index >= 15 is 0 Å². The molecule has 2 aromatic carbocycles. The summed E-state index contributed by atoms with van der Waals surface area (Å²) < 4.78 is 11.4. The van der Waals surface area contributed by atoms with Crippen LogP contribution in [-0.2, 0) is 6.54 Å². The van der Waals surface area contributed by atoms with E-state index in [0.717, 1.165) is 37.1 Å². The number of rotatable bonds is 9. The summed E-state index contributed by atoms with van der Waals surface area (Å²) in [6.45, 7) is 6.60. The second-order valence-corrected chi connectivity index (χ2v) is 8.37. The number of nitrogens with zero attached hydrogens (tertiary/aromatic N) is 1. The molecule has 0 spiro atoms. The molecule has 2 aromatic rings. The molecule has 3 rings (SSSR count). The van der Waals surface area contributed by atoms with E-state index in [2.05, 4.69) is 29.3 Å². The summed E-state index contributed by atoms with van der Waals surface area (Å²) in [4.78, 5) is 14.6. The average Bonchev–Trinajstić information content (AvgIpc) is 2.74. The SMILES string of the molecule is COc1cc(CN2CCC[C@H](C)C2)ccc1OCCCNC(=O)c1cccc(Cl)c1. The fraction of sp³-hybridized carbons (Fsp3) is 0.458. The summed E-state index contributed by atoms with van der Waals surface area (Å²) in [5, 5.41) is 3.44. The number of methoxy groups -OCH3 is 1. The Kier molecular flexibility index (Phi) is 8.40. The second kappa shape index (κ2) is 11.2. The zero-order valence-electron chi connectivity index (χ0n) is 17.8. The highest BCUT2D eigenvalue weighted by Gasteiger charge is 2.17. The molecule has 1 atom stereocenters. The van der Waals surface area contributed by atoms with Crippen LogP contribution in [0.1, 0.15) is 42.1 Å². The predicted octanol–water partition coefficient (Wildman–Crippen LogP) is 4.78. The Morgan fingerprint density at radius 3 is 2.87 bits per heavy atom. The van der Waals surface area contributed by atoms with E-state index in [1.165, 1.54) is 18.4 Å². The normalized spacial score (nSPS) is 16.8. The molecule has 30 heavy (non-hydrogen) atoms. The van der Waals surface area contributed by atoms with Crippen molar-refractivity contribution in [3.63, 3.8) is 0 Å². The third-order valence-electron chi connectivity index (χ3n) is 5.33. The number of ether oxygens (including phenoxy) is 2. The molecule has 0 radical (unpaired) electrons. The van der Waals surface area contributed by atoms with Crippen molar-refractivity contribution in [2.75, 3.05) is 33.4 Å². The lowest BCUT2D eigenvalue weighted by molar-refractivity contribution is 0.0951. The molecule has 0 unspecified atom stereocenters. The van der Waals surface area contributed by atoms with Crippen LogP contribution in [0, 0.1) is 5.92 Å². The molecule has 162 valence electrons. The van der Waals surface area contributed by atoms with Gasteiger partial charge in [0.2, 0.25) is 0 Å². The van der Waals surface area contributed by atoms with Crippen molar-refractivity contribution in [3.8, 4) is 11.5 Å². The maximum atomic E-state index is 12.1. The van der Waals surface area contributed by atoms with Crippen LogP contribution in [0.25, 0.3) is 0 Å². The van der Waals surface area contributed by atoms with Crippen LogP contribution < -0.4 is 14.8 Å². The Morgan fingerprint density at radius 1 is 1.23 bits per heavy atom. The van der Waals surface area contributed by atoms with E-state index in [1.54, 1.807) is 31.4 Å². The van der Waals surface area contributed by atoms with Gasteiger partial charge in [-0.3, -0.25) is 9.69 Å². The molecular formula is C24H31ClN2O3. The molecule has 0 aromatic heterocycles. The van der Waals surface area contributed by atoms with Gasteiger partial charge in [0.05, 0.1) is 13.7 Å². The molecule has 1 heterocycles. The molecule has 1 amide bonds. The van der Waals surface area contributed by atoms with Crippen LogP contribution in [0.3, 0.4) is 0 Å². The Morgan fingerprint density at radius 2 is 2.10 bits per heavy atom. The number of carbonyl (C=O) groups is 1. The number of carbonyl (C=O) groups excluding carboxylic acids is 1. The molecule has 0 bridgehead atoms. The molecule has 1 aliphatic rings. The van der Waals surface area contributed by atoms with E-state index in [1.807, 2.05) is 6.07 Å². The first kappa shape index (κ1) is 22.4. The van der Waals surface area contributed by atoms with Crippen molar-refractivity contribution >= 4 is 17.5 Å². The standard InChI is InChI=1S/C24H31ClN2O3/c1-18-6-4-12-27(16-18)17-19-9-10-22(23(14-19)29-2)30-13-5-11-26-24(28)20-7-3-8-21(25)15-20/h3,7-10,14-15,18H,4-6,11-13,16-17H2,1-2H3,(H,26,28)/t18-/m0/s1. The largest absolute Gasteiger partial charge is 0.493 e. The summed E-state index contributed by atoms with van der Waals surface area (Å²) >= 11 is 5.93. The van der Waals surface area contributed by atoms with Crippen molar-refractivity contribution < 1.29 is 14.3 Å². The number of amides is 1. The summed E-state index contributed by atoms with van der Waals surface area (Å²) in [7, 11) is 1.67. The van der Waals surface area contributed by atoms with Gasteiger partial charge in [-0.2, -0.15) is 0 Å². The lowest BCUT2D eigenvalue weighted by Crippen LogP contribution is -2.33. The maximum absolute atomic E-state index is 12.1. The van der Waals surface area contributed by atoms with Gasteiger partial charge in [-0.05, 0) is 67.6 Å². The van der Waals surface area contributed by atoms with Gasteiger partial charge in [-0.15, -0.1) is 0 Å². The van der Waals surface area contributed by atoms with Crippen LogP contribution in [-0.4, -0.2) is 44.2 Å². The Labute approximate surface area is 184 Å². The summed E-state index contributed by atoms with van der Waals surface area (Å²) in [5.41, 5.74) is 1.80. The van der Waals surface area contributed by atoms with E-state index < -0.39 is 0 Å². The molecule has 1 aliphatic heterocycles. The highest BCUT2D eigenvalue weighted by molar-refractivity contribution is 6.30. The number of piperidine rings is 1. The van der Waals surface area contributed by atoms with Crippen molar-refractivity contribution in [1.82, 2.24) is 10.2 Å². The van der Waals surface area contributed by atoms with Gasteiger partial charge in [0.1, 0.15) is 0 Å². The molecule has 1 N–H and O–H groups in total. The first-order chi connectivity index (χ1) is 14.5. The van der Waals surface area contributed by atoms with Gasteiger partial charge in [-0.25, -0.2) is 0 Å². The van der Waals surface area contributed by atoms with Gasteiger partial charge in [-0.1, -0.05) is 30.7 Å². The van der Waals surface area contributed by atoms with E-state index in [-0.39, 0.29) is 5.91 Å². The fourth-order valence-corrected chi connectivity index (χ4v) is 4.00. The van der Waals surface area contributed by atoms with E-state index in [4.69, 9.17) is 21.1 Å². The molecule has 0 aliphatic carbocycles. The van der Waals surface area contributed by atoms with Crippen LogP contribution in [0.5, 0.6) is 11.5 Å². The predicted molar refractivity (Wildman–Crippen MR) is 121 cm³/mol. The van der Waals surface area contributed by atoms with Crippen molar-refractivity contribution in [2.45, 2.75) is 32.7 Å². The van der Waals surface area contributed by atoms with Crippen molar-refractivity contribution in [3.05, 3.63) is 58.6 Å². The van der Waals surface area contributed by atoms with E-state index in [9.17, 15) is 4.79 Å². The molecule has 6 heteroatoms. The topological polar surface area (TPSA) is 50.8 Å². The highest BCUT2D eigenvalue weighted by Crippen LogP contribution is 2.29. The quantitative estimate of drug-likeness (QED) is 0.581. The van der Waals surface area contributed by atoms with Crippen molar-refractivity contribution in [1.29, 1.82) is 0 Å². The van der Waals surface area contributed by atoms with Gasteiger partial charge in [0.25, 0.3) is 5.91 Å². The van der Waals surface area contributed by atoms with E-state index in [0.29, 0.717) is 30.2 Å². The minimum absolute atomic E-state index is 0.133. The number of benzene rings is 2. The highest BCUT2D eigenvalue weighted by atomic mass is 35.5. The minimum Gasteiger partial charge on any atom is -0.493 e. The minimum atomic E-state index is -0.133. The summed E-state index contributed by atoms with van der Waals surface area (Å²) in [6.07, 6.45) is 3.29. The lowest BCUT2D eigenvalue weighted by Gasteiger charge is -2.30. The first-order valence-electron chi connectivity index (χ1n) is 10.6. The monoisotopic (exact) mass is 430 g/mol. The maximum Gasteiger partial charge on any atom is 0.251 e. The first-order valence-corrected chi connectivity index (χ1v) is 11.0. The second-order valence-electron chi connectivity index (χ2n) is 7.94. The Balaban J connectivity index is 1.44.